The van der Waals surface area contributed by atoms with Gasteiger partial charge in [0, 0.05) is 22.3 Å². The van der Waals surface area contributed by atoms with E-state index in [0.717, 1.165) is 22.0 Å². The van der Waals surface area contributed by atoms with Crippen LogP contribution in [0.15, 0.2) is 53.1 Å². The number of aromatic nitrogens is 1. The van der Waals surface area contributed by atoms with E-state index < -0.39 is 11.5 Å². The lowest BCUT2D eigenvalue weighted by atomic mass is 9.86. The molecule has 4 nitrogen and oxygen atoms in total. The summed E-state index contributed by atoms with van der Waals surface area (Å²) in [5.41, 5.74) is 1.92. The van der Waals surface area contributed by atoms with Gasteiger partial charge in [0.15, 0.2) is 0 Å². The quantitative estimate of drug-likeness (QED) is 0.554. The molecule has 0 saturated carbocycles. The van der Waals surface area contributed by atoms with Gasteiger partial charge >= 0.3 is 6.09 Å². The molecular weight excluding hydrogens is 423 g/mol. The number of nitrogens with zero attached hydrogens (tertiary/aromatic N) is 2. The van der Waals surface area contributed by atoms with Crippen LogP contribution in [0.4, 0.5) is 9.18 Å². The van der Waals surface area contributed by atoms with E-state index in [0.29, 0.717) is 18.4 Å². The van der Waals surface area contributed by atoms with Crippen LogP contribution in [0.25, 0.3) is 5.57 Å². The highest BCUT2D eigenvalue weighted by Crippen LogP contribution is 2.45. The number of hydrogen-bond acceptors (Lipinski definition) is 3. The van der Waals surface area contributed by atoms with E-state index >= 15 is 0 Å². The molecule has 4 rings (SSSR count). The van der Waals surface area contributed by atoms with Crippen molar-refractivity contribution < 1.29 is 13.9 Å². The van der Waals surface area contributed by atoms with Crippen molar-refractivity contribution in [1.29, 1.82) is 0 Å². The minimum atomic E-state index is -0.608. The van der Waals surface area contributed by atoms with Crippen LogP contribution in [0.1, 0.15) is 50.3 Å². The molecule has 0 N–H and O–H groups in total. The first kappa shape index (κ1) is 19.1. The number of benzene rings is 1. The normalized spacial score (nSPS) is 24.1. The van der Waals surface area contributed by atoms with Gasteiger partial charge in [-0.05, 0) is 66.2 Å². The van der Waals surface area contributed by atoms with Gasteiger partial charge in [-0.15, -0.1) is 0 Å². The summed E-state index contributed by atoms with van der Waals surface area (Å²) in [6.45, 7) is 3.91. The minimum absolute atomic E-state index is 0.0198. The number of carbonyl (C=O) groups is 1. The van der Waals surface area contributed by atoms with Gasteiger partial charge in [0.05, 0.1) is 6.04 Å². The SMILES string of the molecule is CC1(C)OC(=O)N([C@H]2CC=C(c3cc(Br)cnc3F)CC2)C1c1ccccc1. The molecule has 1 unspecified atom stereocenters. The average molecular weight is 445 g/mol. The summed E-state index contributed by atoms with van der Waals surface area (Å²) in [5.74, 6) is -0.461. The summed E-state index contributed by atoms with van der Waals surface area (Å²) in [7, 11) is 0. The van der Waals surface area contributed by atoms with Crippen LogP contribution in [-0.2, 0) is 4.74 Å². The monoisotopic (exact) mass is 444 g/mol. The van der Waals surface area contributed by atoms with E-state index in [1.807, 2.05) is 55.2 Å². The third-order valence-electron chi connectivity index (χ3n) is 5.54. The maximum Gasteiger partial charge on any atom is 0.411 e. The van der Waals surface area contributed by atoms with Gasteiger partial charge in [0.1, 0.15) is 5.60 Å². The number of rotatable bonds is 3. The zero-order valence-corrected chi connectivity index (χ0v) is 17.4. The molecule has 146 valence electrons. The molecule has 1 aromatic carbocycles. The fourth-order valence-corrected chi connectivity index (χ4v) is 4.63. The Morgan fingerprint density at radius 3 is 2.71 bits per heavy atom. The average Bonchev–Trinajstić information content (AvgIpc) is 2.93. The van der Waals surface area contributed by atoms with E-state index in [4.69, 9.17) is 4.74 Å². The molecular formula is C22H22BrFN2O2. The fraction of sp³-hybridized carbons (Fsp3) is 0.364. The van der Waals surface area contributed by atoms with Crippen molar-refractivity contribution >= 4 is 27.6 Å². The summed E-state index contributed by atoms with van der Waals surface area (Å²) in [5, 5.41) is 0. The molecule has 1 amide bonds. The largest absolute Gasteiger partial charge is 0.441 e. The fourth-order valence-electron chi connectivity index (χ4n) is 4.30. The molecule has 2 aromatic rings. The predicted molar refractivity (Wildman–Crippen MR) is 109 cm³/mol. The Bertz CT molecular complexity index is 929. The predicted octanol–water partition coefficient (Wildman–Crippen LogP) is 5.89. The Balaban J connectivity index is 1.61. The van der Waals surface area contributed by atoms with Crippen LogP contribution >= 0.6 is 15.9 Å². The number of cyclic esters (lactones) is 1. The van der Waals surface area contributed by atoms with Crippen LogP contribution < -0.4 is 0 Å². The molecule has 1 fully saturated rings. The summed E-state index contributed by atoms with van der Waals surface area (Å²) in [4.78, 5) is 18.4. The Morgan fingerprint density at radius 2 is 2.04 bits per heavy atom. The van der Waals surface area contributed by atoms with Crippen molar-refractivity contribution in [2.45, 2.75) is 50.8 Å². The number of amides is 1. The third kappa shape index (κ3) is 3.46. The first-order valence-corrected chi connectivity index (χ1v) is 10.2. The molecule has 6 heteroatoms. The van der Waals surface area contributed by atoms with Crippen molar-refractivity contribution in [3.05, 3.63) is 70.2 Å². The topological polar surface area (TPSA) is 42.4 Å². The van der Waals surface area contributed by atoms with E-state index in [1.165, 1.54) is 6.20 Å². The van der Waals surface area contributed by atoms with Gasteiger partial charge in [-0.1, -0.05) is 36.4 Å². The van der Waals surface area contributed by atoms with Crippen LogP contribution in [0.3, 0.4) is 0 Å². The number of carbonyl (C=O) groups excluding carboxylic acids is 1. The van der Waals surface area contributed by atoms with Gasteiger partial charge in [0.2, 0.25) is 5.95 Å². The lowest BCUT2D eigenvalue weighted by Gasteiger charge is -2.36. The molecule has 2 atom stereocenters. The second-order valence-corrected chi connectivity index (χ2v) is 8.76. The summed E-state index contributed by atoms with van der Waals surface area (Å²) < 4.78 is 20.6. The van der Waals surface area contributed by atoms with Gasteiger partial charge in [0.25, 0.3) is 0 Å². The van der Waals surface area contributed by atoms with Crippen molar-refractivity contribution in [2.24, 2.45) is 0 Å². The zero-order valence-electron chi connectivity index (χ0n) is 15.9. The first-order chi connectivity index (χ1) is 13.4. The smallest absolute Gasteiger partial charge is 0.411 e. The van der Waals surface area contributed by atoms with Crippen LogP contribution in [-0.4, -0.2) is 27.6 Å². The lowest BCUT2D eigenvalue weighted by molar-refractivity contribution is 0.0668. The molecule has 1 aliphatic heterocycles. The Hall–Kier alpha value is -2.21. The van der Waals surface area contributed by atoms with Gasteiger partial charge in [-0.25, -0.2) is 9.78 Å². The number of hydrogen-bond donors (Lipinski definition) is 0. The number of allylic oxidation sites excluding steroid dienone is 1. The van der Waals surface area contributed by atoms with Gasteiger partial charge in [-0.2, -0.15) is 4.39 Å². The molecule has 1 aromatic heterocycles. The summed E-state index contributed by atoms with van der Waals surface area (Å²) in [6.07, 6.45) is 5.31. The number of ether oxygens (including phenoxy) is 1. The van der Waals surface area contributed by atoms with E-state index in [-0.39, 0.29) is 18.2 Å². The highest BCUT2D eigenvalue weighted by Gasteiger charge is 2.51. The van der Waals surface area contributed by atoms with E-state index in [9.17, 15) is 9.18 Å². The number of pyridine rings is 1. The second kappa shape index (κ2) is 7.32. The van der Waals surface area contributed by atoms with Crippen molar-refractivity contribution in [1.82, 2.24) is 9.88 Å². The third-order valence-corrected chi connectivity index (χ3v) is 5.98. The van der Waals surface area contributed by atoms with Crippen molar-refractivity contribution in [2.75, 3.05) is 0 Å². The van der Waals surface area contributed by atoms with Gasteiger partial charge < -0.3 is 4.74 Å². The van der Waals surface area contributed by atoms with Crippen LogP contribution in [0, 0.1) is 5.95 Å². The molecule has 1 saturated heterocycles. The highest BCUT2D eigenvalue weighted by molar-refractivity contribution is 9.10. The Labute approximate surface area is 172 Å². The number of halogens is 2. The molecule has 0 bridgehead atoms. The molecule has 28 heavy (non-hydrogen) atoms. The van der Waals surface area contributed by atoms with E-state index in [1.54, 1.807) is 6.07 Å². The van der Waals surface area contributed by atoms with Gasteiger partial charge in [-0.3, -0.25) is 4.90 Å². The Kier molecular flexibility index (Phi) is 5.00. The maximum absolute atomic E-state index is 14.1. The van der Waals surface area contributed by atoms with Crippen LogP contribution in [0.5, 0.6) is 0 Å². The van der Waals surface area contributed by atoms with Crippen LogP contribution in [0.2, 0.25) is 0 Å². The van der Waals surface area contributed by atoms with E-state index in [2.05, 4.69) is 20.9 Å². The van der Waals surface area contributed by atoms with Crippen molar-refractivity contribution in [3.8, 4) is 0 Å². The maximum atomic E-state index is 14.1. The summed E-state index contributed by atoms with van der Waals surface area (Å²) >= 11 is 3.36. The Morgan fingerprint density at radius 1 is 1.29 bits per heavy atom. The molecule has 1 aliphatic carbocycles. The highest BCUT2D eigenvalue weighted by atomic mass is 79.9. The molecule has 0 spiro atoms. The zero-order chi connectivity index (χ0) is 19.9. The first-order valence-electron chi connectivity index (χ1n) is 9.43. The molecule has 2 heterocycles. The summed E-state index contributed by atoms with van der Waals surface area (Å²) in [6, 6.07) is 11.6. The minimum Gasteiger partial charge on any atom is -0.441 e. The lowest BCUT2D eigenvalue weighted by Crippen LogP contribution is -2.41. The second-order valence-electron chi connectivity index (χ2n) is 7.84. The van der Waals surface area contributed by atoms with Crippen molar-refractivity contribution in [3.63, 3.8) is 0 Å². The standard InChI is InChI=1S/C22H22BrFN2O2/c1-22(2)19(15-6-4-3-5-7-15)26(21(27)28-22)17-10-8-14(9-11-17)18-12-16(23)13-25-20(18)24/h3-8,12-13,17,19H,9-11H2,1-2H3/t17-,19?/m0/s1. The molecule has 0 radical (unpaired) electrons. The molecule has 2 aliphatic rings.